The Kier molecular flexibility index (Phi) is 2.59. The average molecular weight is 309 g/mol. The second-order valence-electron chi connectivity index (χ2n) is 7.09. The van der Waals surface area contributed by atoms with Gasteiger partial charge < -0.3 is 4.74 Å². The number of nitrogens with zero attached hydrogens (tertiary/aromatic N) is 1. The number of anilines is 1. The summed E-state index contributed by atoms with van der Waals surface area (Å²) in [6, 6.07) is 7.28. The highest BCUT2D eigenvalue weighted by Crippen LogP contribution is 2.65. The summed E-state index contributed by atoms with van der Waals surface area (Å²) in [5.41, 5.74) is 0.672. The maximum Gasteiger partial charge on any atom is 0.238 e. The van der Waals surface area contributed by atoms with Crippen LogP contribution in [0.5, 0.6) is 5.75 Å². The minimum atomic E-state index is -0.132. The molecule has 5 aliphatic rings. The van der Waals surface area contributed by atoms with Gasteiger partial charge in [0.1, 0.15) is 5.75 Å². The van der Waals surface area contributed by atoms with Gasteiger partial charge >= 0.3 is 0 Å². The summed E-state index contributed by atoms with van der Waals surface area (Å²) in [7, 11) is 0. The molecule has 1 aromatic rings. The fourth-order valence-corrected chi connectivity index (χ4v) is 5.07. The largest absolute Gasteiger partial charge is 0.494 e. The van der Waals surface area contributed by atoms with Gasteiger partial charge in [-0.25, -0.2) is 0 Å². The van der Waals surface area contributed by atoms with Crippen molar-refractivity contribution in [2.24, 2.45) is 35.5 Å². The van der Waals surface area contributed by atoms with E-state index in [1.165, 1.54) is 11.3 Å². The van der Waals surface area contributed by atoms with Crippen molar-refractivity contribution in [2.45, 2.75) is 13.3 Å². The first kappa shape index (κ1) is 13.3. The van der Waals surface area contributed by atoms with E-state index in [0.29, 0.717) is 24.1 Å². The SMILES string of the molecule is CCOc1ccc(N2C(=O)C3C4C=CC([C@H]5CC45)[C@@H]3C2=O)cc1. The molecule has 0 aromatic heterocycles. The summed E-state index contributed by atoms with van der Waals surface area (Å²) < 4.78 is 5.44. The van der Waals surface area contributed by atoms with E-state index in [2.05, 4.69) is 12.2 Å². The normalized spacial score (nSPS) is 39.4. The topological polar surface area (TPSA) is 46.6 Å². The van der Waals surface area contributed by atoms with Crippen LogP contribution >= 0.6 is 0 Å². The fraction of sp³-hybridized carbons (Fsp3) is 0.474. The van der Waals surface area contributed by atoms with Crippen LogP contribution < -0.4 is 9.64 Å². The predicted molar refractivity (Wildman–Crippen MR) is 84.8 cm³/mol. The second kappa shape index (κ2) is 4.47. The summed E-state index contributed by atoms with van der Waals surface area (Å²) >= 11 is 0. The van der Waals surface area contributed by atoms with Gasteiger partial charge in [-0.2, -0.15) is 0 Å². The number of benzene rings is 1. The van der Waals surface area contributed by atoms with Crippen molar-refractivity contribution in [3.05, 3.63) is 36.4 Å². The van der Waals surface area contributed by atoms with Crippen LogP contribution in [0.2, 0.25) is 0 Å². The lowest BCUT2D eigenvalue weighted by molar-refractivity contribution is -0.124. The van der Waals surface area contributed by atoms with Gasteiger partial charge in [-0.3, -0.25) is 14.5 Å². The molecule has 2 bridgehead atoms. The van der Waals surface area contributed by atoms with Crippen LogP contribution in [0.15, 0.2) is 36.4 Å². The molecule has 4 aliphatic carbocycles. The van der Waals surface area contributed by atoms with Crippen LogP contribution in [-0.4, -0.2) is 18.4 Å². The highest BCUT2D eigenvalue weighted by atomic mass is 16.5. The van der Waals surface area contributed by atoms with Crippen molar-refractivity contribution >= 4 is 17.5 Å². The van der Waals surface area contributed by atoms with Gasteiger partial charge in [0.05, 0.1) is 24.1 Å². The third-order valence-corrected chi connectivity index (χ3v) is 6.07. The van der Waals surface area contributed by atoms with E-state index in [1.54, 1.807) is 0 Å². The molecule has 6 atom stereocenters. The molecule has 1 saturated heterocycles. The van der Waals surface area contributed by atoms with Crippen molar-refractivity contribution in [1.82, 2.24) is 0 Å². The Labute approximate surface area is 135 Å². The minimum absolute atomic E-state index is 0.00569. The maximum atomic E-state index is 13.0. The number of imide groups is 1. The van der Waals surface area contributed by atoms with Gasteiger partial charge in [0.15, 0.2) is 0 Å². The molecule has 1 aromatic carbocycles. The highest BCUT2D eigenvalue weighted by Gasteiger charge is 2.67. The summed E-state index contributed by atoms with van der Waals surface area (Å²) in [4.78, 5) is 27.3. The first-order valence-electron chi connectivity index (χ1n) is 8.49. The van der Waals surface area contributed by atoms with Crippen LogP contribution in [0.1, 0.15) is 13.3 Å². The molecule has 0 N–H and O–H groups in total. The van der Waals surface area contributed by atoms with E-state index in [9.17, 15) is 9.59 Å². The third kappa shape index (κ3) is 1.66. The first-order valence-corrected chi connectivity index (χ1v) is 8.49. The van der Waals surface area contributed by atoms with E-state index < -0.39 is 0 Å². The number of carbonyl (C=O) groups excluding carboxylic acids is 2. The lowest BCUT2D eigenvalue weighted by atomic mass is 9.63. The molecular formula is C19H19NO3. The number of allylic oxidation sites excluding steroid dienone is 2. The maximum absolute atomic E-state index is 13.0. The van der Waals surface area contributed by atoms with Crippen molar-refractivity contribution in [3.63, 3.8) is 0 Å². The molecule has 3 fully saturated rings. The van der Waals surface area contributed by atoms with Gasteiger partial charge in [-0.05, 0) is 61.3 Å². The quantitative estimate of drug-likeness (QED) is 0.637. The molecule has 1 heterocycles. The van der Waals surface area contributed by atoms with Crippen molar-refractivity contribution in [1.29, 1.82) is 0 Å². The van der Waals surface area contributed by atoms with Crippen LogP contribution in [0.4, 0.5) is 5.69 Å². The van der Waals surface area contributed by atoms with Gasteiger partial charge in [0.25, 0.3) is 0 Å². The second-order valence-corrected chi connectivity index (χ2v) is 7.09. The van der Waals surface area contributed by atoms with E-state index in [4.69, 9.17) is 4.74 Å². The molecule has 6 rings (SSSR count). The van der Waals surface area contributed by atoms with Crippen molar-refractivity contribution in [3.8, 4) is 5.75 Å². The Morgan fingerprint density at radius 2 is 1.57 bits per heavy atom. The Hall–Kier alpha value is -2.10. The summed E-state index contributed by atoms with van der Waals surface area (Å²) in [5.74, 6) is 2.32. The lowest BCUT2D eigenvalue weighted by Gasteiger charge is -2.37. The lowest BCUT2D eigenvalue weighted by Crippen LogP contribution is -2.40. The van der Waals surface area contributed by atoms with E-state index in [0.717, 1.165) is 5.75 Å². The number of rotatable bonds is 3. The Bertz CT molecular complexity index is 687. The third-order valence-electron chi connectivity index (χ3n) is 6.07. The zero-order valence-corrected chi connectivity index (χ0v) is 13.0. The average Bonchev–Trinajstić information content (AvgIpc) is 3.34. The van der Waals surface area contributed by atoms with Gasteiger partial charge in [-0.1, -0.05) is 12.2 Å². The van der Waals surface area contributed by atoms with E-state index in [-0.39, 0.29) is 35.5 Å². The fourth-order valence-electron chi connectivity index (χ4n) is 5.07. The molecule has 2 amide bonds. The molecule has 118 valence electrons. The van der Waals surface area contributed by atoms with E-state index >= 15 is 0 Å². The van der Waals surface area contributed by atoms with Crippen LogP contribution in [-0.2, 0) is 9.59 Å². The summed E-state index contributed by atoms with van der Waals surface area (Å²) in [5, 5.41) is 0. The molecule has 4 unspecified atom stereocenters. The minimum Gasteiger partial charge on any atom is -0.494 e. The molecule has 4 nitrogen and oxygen atoms in total. The molecule has 1 aliphatic heterocycles. The molecule has 0 spiro atoms. The monoisotopic (exact) mass is 309 g/mol. The summed E-state index contributed by atoms with van der Waals surface area (Å²) in [6.45, 7) is 2.53. The molecule has 2 saturated carbocycles. The Balaban J connectivity index is 1.49. The standard InChI is InChI=1S/C19H19NO3/c1-2-23-11-5-3-10(4-6-11)20-18(21)16-12-7-8-13(15-9-14(12)15)17(16)19(20)22/h3-8,12-17H,2,9H2,1H3/t12?,13?,14-,15?,16+,17?/m1/s1. The first-order chi connectivity index (χ1) is 11.2. The predicted octanol–water partition coefficient (Wildman–Crippen LogP) is 2.64. The zero-order valence-electron chi connectivity index (χ0n) is 13.0. The number of amides is 2. The Morgan fingerprint density at radius 1 is 1.00 bits per heavy atom. The van der Waals surface area contributed by atoms with E-state index in [1.807, 2.05) is 31.2 Å². The highest BCUT2D eigenvalue weighted by molar-refractivity contribution is 6.22. The van der Waals surface area contributed by atoms with Gasteiger partial charge in [0, 0.05) is 0 Å². The van der Waals surface area contributed by atoms with Crippen LogP contribution in [0.25, 0.3) is 0 Å². The number of hydrogen-bond donors (Lipinski definition) is 0. The van der Waals surface area contributed by atoms with Crippen molar-refractivity contribution < 1.29 is 14.3 Å². The smallest absolute Gasteiger partial charge is 0.238 e. The molecule has 0 radical (unpaired) electrons. The molecular weight excluding hydrogens is 290 g/mol. The van der Waals surface area contributed by atoms with Crippen LogP contribution in [0, 0.1) is 35.5 Å². The summed E-state index contributed by atoms with van der Waals surface area (Å²) in [6.07, 6.45) is 5.60. The number of ether oxygens (including phenoxy) is 1. The molecule has 4 heteroatoms. The van der Waals surface area contributed by atoms with Crippen molar-refractivity contribution in [2.75, 3.05) is 11.5 Å². The number of carbonyl (C=O) groups is 2. The van der Waals surface area contributed by atoms with Crippen LogP contribution in [0.3, 0.4) is 0 Å². The van der Waals surface area contributed by atoms with Gasteiger partial charge in [-0.15, -0.1) is 0 Å². The van der Waals surface area contributed by atoms with Gasteiger partial charge in [0.2, 0.25) is 11.8 Å². The zero-order chi connectivity index (χ0) is 15.7. The molecule has 23 heavy (non-hydrogen) atoms. The number of hydrogen-bond acceptors (Lipinski definition) is 3. The Morgan fingerprint density at radius 3 is 2.09 bits per heavy atom.